The number of fused-ring (bicyclic) bond motifs is 1. The van der Waals surface area contributed by atoms with Gasteiger partial charge in [-0.1, -0.05) is 0 Å². The van der Waals surface area contributed by atoms with Gasteiger partial charge in [0, 0.05) is 12.2 Å². The Labute approximate surface area is 125 Å². The maximum absolute atomic E-state index is 11.6. The molecule has 5 nitrogen and oxygen atoms in total. The van der Waals surface area contributed by atoms with Crippen molar-refractivity contribution in [2.75, 3.05) is 25.0 Å². The van der Waals surface area contributed by atoms with E-state index in [2.05, 4.69) is 15.6 Å². The molecule has 1 saturated heterocycles. The van der Waals surface area contributed by atoms with Crippen LogP contribution < -0.4 is 16.4 Å². The Balaban J connectivity index is 1.65. The topological polar surface area (TPSA) is 80.0 Å². The van der Waals surface area contributed by atoms with Crippen molar-refractivity contribution < 1.29 is 4.79 Å². The summed E-state index contributed by atoms with van der Waals surface area (Å²) < 4.78 is 0. The zero-order valence-electron chi connectivity index (χ0n) is 12.5. The van der Waals surface area contributed by atoms with E-state index < -0.39 is 0 Å². The minimum Gasteiger partial charge on any atom is -0.369 e. The van der Waals surface area contributed by atoms with Crippen molar-refractivity contribution in [2.24, 2.45) is 11.7 Å². The second-order valence-corrected chi connectivity index (χ2v) is 6.14. The number of nitrogens with two attached hydrogens (primary N) is 1. The Hall–Kier alpha value is -1.62. The lowest BCUT2D eigenvalue weighted by molar-refractivity contribution is 0.100. The number of rotatable bonds is 5. The summed E-state index contributed by atoms with van der Waals surface area (Å²) in [7, 11) is 0. The van der Waals surface area contributed by atoms with Crippen LogP contribution in [0.1, 0.15) is 47.3 Å². The molecule has 114 valence electrons. The summed E-state index contributed by atoms with van der Waals surface area (Å²) in [4.78, 5) is 16.2. The number of aromatic nitrogens is 1. The molecule has 1 unspecified atom stereocenters. The first-order chi connectivity index (χ1) is 10.2. The van der Waals surface area contributed by atoms with E-state index >= 15 is 0 Å². The highest BCUT2D eigenvalue weighted by Crippen LogP contribution is 2.25. The number of pyridine rings is 1. The Bertz CT molecular complexity index is 523. The molecule has 2 aliphatic rings. The number of carbonyl (C=O) groups is 1. The molecule has 1 aliphatic carbocycles. The number of primary amides is 1. The van der Waals surface area contributed by atoms with Gasteiger partial charge in [-0.25, -0.2) is 4.98 Å². The Morgan fingerprint density at radius 3 is 3.10 bits per heavy atom. The third kappa shape index (κ3) is 3.35. The van der Waals surface area contributed by atoms with Gasteiger partial charge < -0.3 is 16.4 Å². The van der Waals surface area contributed by atoms with Crippen molar-refractivity contribution in [2.45, 2.75) is 38.5 Å². The summed E-state index contributed by atoms with van der Waals surface area (Å²) in [5.41, 5.74) is 8.35. The number of anilines is 1. The fraction of sp³-hybridized carbons (Fsp3) is 0.625. The zero-order valence-corrected chi connectivity index (χ0v) is 12.5. The molecule has 0 aromatic carbocycles. The van der Waals surface area contributed by atoms with Crippen LogP contribution in [0.2, 0.25) is 0 Å². The number of piperidine rings is 1. The normalized spacial score (nSPS) is 21.0. The first kappa shape index (κ1) is 14.3. The number of nitrogens with zero attached hydrogens (tertiary/aromatic N) is 1. The van der Waals surface area contributed by atoms with Gasteiger partial charge in [0.2, 0.25) is 0 Å². The lowest BCUT2D eigenvalue weighted by atomic mass is 9.96. The highest BCUT2D eigenvalue weighted by molar-refractivity contribution is 5.97. The van der Waals surface area contributed by atoms with E-state index in [-0.39, 0.29) is 5.91 Å². The number of nitrogens with one attached hydrogen (secondary N) is 2. The molecule has 4 N–H and O–H groups in total. The Morgan fingerprint density at radius 2 is 2.33 bits per heavy atom. The van der Waals surface area contributed by atoms with E-state index in [1.165, 1.54) is 18.4 Å². The summed E-state index contributed by atoms with van der Waals surface area (Å²) in [6.45, 7) is 3.09. The molecule has 1 amide bonds. The van der Waals surface area contributed by atoms with Crippen LogP contribution in [-0.2, 0) is 12.8 Å². The third-order valence-corrected chi connectivity index (χ3v) is 4.56. The van der Waals surface area contributed by atoms with Crippen molar-refractivity contribution in [3.63, 3.8) is 0 Å². The van der Waals surface area contributed by atoms with Crippen molar-refractivity contribution in [1.82, 2.24) is 10.3 Å². The Kier molecular flexibility index (Phi) is 4.39. The van der Waals surface area contributed by atoms with Gasteiger partial charge in [-0.15, -0.1) is 0 Å². The molecule has 2 heterocycles. The van der Waals surface area contributed by atoms with Crippen molar-refractivity contribution in [1.29, 1.82) is 0 Å². The third-order valence-electron chi connectivity index (χ3n) is 4.56. The van der Waals surface area contributed by atoms with E-state index in [1.807, 2.05) is 6.07 Å². The van der Waals surface area contributed by atoms with Gasteiger partial charge in [0.25, 0.3) is 5.91 Å². The molecule has 0 bridgehead atoms. The zero-order chi connectivity index (χ0) is 14.7. The summed E-state index contributed by atoms with van der Waals surface area (Å²) in [6.07, 6.45) is 6.79. The molecule has 1 fully saturated rings. The summed E-state index contributed by atoms with van der Waals surface area (Å²) in [6, 6.07) is 1.93. The molecule has 21 heavy (non-hydrogen) atoms. The molecule has 1 aromatic heterocycles. The summed E-state index contributed by atoms with van der Waals surface area (Å²) in [5, 5.41) is 6.76. The highest BCUT2D eigenvalue weighted by atomic mass is 16.1. The maximum Gasteiger partial charge on any atom is 0.252 e. The first-order valence-corrected chi connectivity index (χ1v) is 8.01. The molecule has 1 aromatic rings. The predicted molar refractivity (Wildman–Crippen MR) is 83.5 cm³/mol. The maximum atomic E-state index is 11.6. The van der Waals surface area contributed by atoms with E-state index in [1.54, 1.807) is 0 Å². The summed E-state index contributed by atoms with van der Waals surface area (Å²) >= 11 is 0. The van der Waals surface area contributed by atoms with Crippen molar-refractivity contribution in [3.05, 3.63) is 22.9 Å². The molecule has 5 heteroatoms. The van der Waals surface area contributed by atoms with E-state index in [0.717, 1.165) is 56.9 Å². The van der Waals surface area contributed by atoms with Gasteiger partial charge in [-0.3, -0.25) is 4.79 Å². The second kappa shape index (κ2) is 6.43. The van der Waals surface area contributed by atoms with Crippen LogP contribution in [-0.4, -0.2) is 30.5 Å². The fourth-order valence-electron chi connectivity index (χ4n) is 3.36. The van der Waals surface area contributed by atoms with Crippen LogP contribution in [0.4, 0.5) is 5.82 Å². The SMILES string of the molecule is NC(=O)c1cc2c(nc1NCCC1CCCNC1)CCC2. The Morgan fingerprint density at radius 1 is 1.43 bits per heavy atom. The van der Waals surface area contributed by atoms with E-state index in [4.69, 9.17) is 5.73 Å². The predicted octanol–water partition coefficient (Wildman–Crippen LogP) is 1.47. The van der Waals surface area contributed by atoms with Gasteiger partial charge in [0.1, 0.15) is 5.82 Å². The van der Waals surface area contributed by atoms with Crippen LogP contribution >= 0.6 is 0 Å². The van der Waals surface area contributed by atoms with Crippen molar-refractivity contribution >= 4 is 11.7 Å². The quantitative estimate of drug-likeness (QED) is 0.766. The number of carbonyl (C=O) groups excluding carboxylic acids is 1. The van der Waals surface area contributed by atoms with E-state index in [9.17, 15) is 4.79 Å². The van der Waals surface area contributed by atoms with Gasteiger partial charge in [0.15, 0.2) is 0 Å². The molecule has 1 atom stereocenters. The molecule has 3 rings (SSSR count). The smallest absolute Gasteiger partial charge is 0.252 e. The molecular weight excluding hydrogens is 264 g/mol. The van der Waals surface area contributed by atoms with Gasteiger partial charge in [-0.2, -0.15) is 0 Å². The average molecular weight is 288 g/mol. The number of amides is 1. The number of aryl methyl sites for hydroxylation is 2. The minimum absolute atomic E-state index is 0.390. The molecule has 0 radical (unpaired) electrons. The van der Waals surface area contributed by atoms with Crippen LogP contribution in [0.25, 0.3) is 0 Å². The molecule has 0 saturated carbocycles. The van der Waals surface area contributed by atoms with Gasteiger partial charge in [-0.05, 0) is 69.2 Å². The second-order valence-electron chi connectivity index (χ2n) is 6.14. The first-order valence-electron chi connectivity index (χ1n) is 8.01. The van der Waals surface area contributed by atoms with Crippen LogP contribution in [0.15, 0.2) is 6.07 Å². The van der Waals surface area contributed by atoms with Gasteiger partial charge in [0.05, 0.1) is 5.56 Å². The monoisotopic (exact) mass is 288 g/mol. The number of hydrogen-bond acceptors (Lipinski definition) is 4. The number of hydrogen-bond donors (Lipinski definition) is 3. The minimum atomic E-state index is -0.390. The van der Waals surface area contributed by atoms with Crippen molar-refractivity contribution in [3.8, 4) is 0 Å². The molecular formula is C16H24N4O. The van der Waals surface area contributed by atoms with Crippen LogP contribution in [0, 0.1) is 5.92 Å². The lowest BCUT2D eigenvalue weighted by Crippen LogP contribution is -2.31. The summed E-state index contributed by atoms with van der Waals surface area (Å²) in [5.74, 6) is 1.00. The van der Waals surface area contributed by atoms with E-state index in [0.29, 0.717) is 11.4 Å². The standard InChI is InChI=1S/C16H24N4O/c17-15(21)13-9-12-4-1-5-14(12)20-16(13)19-8-6-11-3-2-7-18-10-11/h9,11,18H,1-8,10H2,(H2,17,21)(H,19,20). The van der Waals surface area contributed by atoms with Crippen LogP contribution in [0.5, 0.6) is 0 Å². The lowest BCUT2D eigenvalue weighted by Gasteiger charge is -2.23. The molecule has 1 aliphatic heterocycles. The molecule has 0 spiro atoms. The van der Waals surface area contributed by atoms with Gasteiger partial charge >= 0.3 is 0 Å². The average Bonchev–Trinajstić information content (AvgIpc) is 2.94. The highest BCUT2D eigenvalue weighted by Gasteiger charge is 2.19. The largest absolute Gasteiger partial charge is 0.369 e. The van der Waals surface area contributed by atoms with Crippen LogP contribution in [0.3, 0.4) is 0 Å². The fourth-order valence-corrected chi connectivity index (χ4v) is 3.36.